The summed E-state index contributed by atoms with van der Waals surface area (Å²) >= 11 is 0. The standard InChI is InChI=1S/C20H21N3O2S/c1-15-9-11-16(12-10-15)26(24,25)22-18-7-3-2-6-17(18)19-14-23-13-5-4-8-20(23)21-19/h2-3,6-7,9-12,14,22H,4-5,8,13H2,1H3. The van der Waals surface area contributed by atoms with Gasteiger partial charge in [-0.3, -0.25) is 4.72 Å². The van der Waals surface area contributed by atoms with Gasteiger partial charge in [0.15, 0.2) is 0 Å². The molecule has 2 heterocycles. The van der Waals surface area contributed by atoms with E-state index < -0.39 is 10.0 Å². The Morgan fingerprint density at radius 3 is 2.58 bits per heavy atom. The van der Waals surface area contributed by atoms with E-state index in [1.54, 1.807) is 30.3 Å². The van der Waals surface area contributed by atoms with Crippen molar-refractivity contribution >= 4 is 15.7 Å². The Morgan fingerprint density at radius 2 is 1.81 bits per heavy atom. The van der Waals surface area contributed by atoms with E-state index in [-0.39, 0.29) is 4.90 Å². The van der Waals surface area contributed by atoms with Crippen LogP contribution in [-0.4, -0.2) is 18.0 Å². The molecule has 1 N–H and O–H groups in total. The summed E-state index contributed by atoms with van der Waals surface area (Å²) in [6, 6.07) is 14.2. The smallest absolute Gasteiger partial charge is 0.261 e. The molecule has 4 rings (SSSR count). The molecule has 5 nitrogen and oxygen atoms in total. The molecule has 0 unspecified atom stereocenters. The molecule has 0 saturated heterocycles. The summed E-state index contributed by atoms with van der Waals surface area (Å²) in [5.41, 5.74) is 3.17. The minimum absolute atomic E-state index is 0.252. The van der Waals surface area contributed by atoms with Crippen LogP contribution in [0.4, 0.5) is 5.69 Å². The molecule has 0 bridgehead atoms. The van der Waals surface area contributed by atoms with Gasteiger partial charge in [0, 0.05) is 24.7 Å². The molecule has 1 aromatic heterocycles. The van der Waals surface area contributed by atoms with Crippen molar-refractivity contribution in [1.82, 2.24) is 9.55 Å². The van der Waals surface area contributed by atoms with Crippen LogP contribution in [0.15, 0.2) is 59.6 Å². The van der Waals surface area contributed by atoms with Gasteiger partial charge in [-0.25, -0.2) is 13.4 Å². The number of imidazole rings is 1. The summed E-state index contributed by atoms with van der Waals surface area (Å²) in [6.07, 6.45) is 5.30. The average Bonchev–Trinajstić information content (AvgIpc) is 3.06. The number of benzene rings is 2. The second-order valence-corrected chi connectivity index (χ2v) is 8.34. The predicted molar refractivity (Wildman–Crippen MR) is 103 cm³/mol. The number of anilines is 1. The first kappa shape index (κ1) is 16.8. The lowest BCUT2D eigenvalue weighted by molar-refractivity contribution is 0.522. The lowest BCUT2D eigenvalue weighted by Gasteiger charge is -2.12. The first-order valence-electron chi connectivity index (χ1n) is 8.78. The van der Waals surface area contributed by atoms with Gasteiger partial charge in [0.05, 0.1) is 16.3 Å². The van der Waals surface area contributed by atoms with Gasteiger partial charge in [0.25, 0.3) is 10.0 Å². The number of para-hydroxylation sites is 1. The molecule has 3 aromatic rings. The van der Waals surface area contributed by atoms with Crippen LogP contribution in [0.5, 0.6) is 0 Å². The van der Waals surface area contributed by atoms with Crippen molar-refractivity contribution in [3.8, 4) is 11.3 Å². The number of nitrogens with one attached hydrogen (secondary N) is 1. The zero-order valence-electron chi connectivity index (χ0n) is 14.6. The first-order valence-corrected chi connectivity index (χ1v) is 10.3. The summed E-state index contributed by atoms with van der Waals surface area (Å²) in [7, 11) is -3.65. The van der Waals surface area contributed by atoms with E-state index in [0.29, 0.717) is 5.69 Å². The molecule has 0 saturated carbocycles. The van der Waals surface area contributed by atoms with E-state index in [1.807, 2.05) is 31.3 Å². The van der Waals surface area contributed by atoms with Gasteiger partial charge in [0.1, 0.15) is 5.82 Å². The van der Waals surface area contributed by atoms with Gasteiger partial charge in [-0.2, -0.15) is 0 Å². The Bertz CT molecular complexity index is 1010. The van der Waals surface area contributed by atoms with E-state index in [4.69, 9.17) is 4.98 Å². The summed E-state index contributed by atoms with van der Waals surface area (Å²) in [6.45, 7) is 2.90. The lowest BCUT2D eigenvalue weighted by Crippen LogP contribution is -2.13. The number of hydrogen-bond acceptors (Lipinski definition) is 3. The number of aryl methyl sites for hydroxylation is 3. The number of aromatic nitrogens is 2. The monoisotopic (exact) mass is 367 g/mol. The minimum atomic E-state index is -3.65. The zero-order valence-corrected chi connectivity index (χ0v) is 15.5. The molecule has 6 heteroatoms. The molecule has 0 fully saturated rings. The van der Waals surface area contributed by atoms with Crippen LogP contribution < -0.4 is 4.72 Å². The van der Waals surface area contributed by atoms with E-state index in [1.165, 1.54) is 0 Å². The van der Waals surface area contributed by atoms with Gasteiger partial charge in [-0.05, 0) is 38.0 Å². The third-order valence-corrected chi connectivity index (χ3v) is 6.07. The van der Waals surface area contributed by atoms with Crippen LogP contribution in [0, 0.1) is 6.92 Å². The van der Waals surface area contributed by atoms with Crippen molar-refractivity contribution in [3.05, 3.63) is 66.1 Å². The molecule has 0 aliphatic carbocycles. The van der Waals surface area contributed by atoms with Crippen LogP contribution >= 0.6 is 0 Å². The molecule has 0 atom stereocenters. The second-order valence-electron chi connectivity index (χ2n) is 6.66. The normalized spacial score (nSPS) is 14.0. The largest absolute Gasteiger partial charge is 0.334 e. The highest BCUT2D eigenvalue weighted by atomic mass is 32.2. The van der Waals surface area contributed by atoms with Crippen molar-refractivity contribution in [2.24, 2.45) is 0 Å². The highest BCUT2D eigenvalue weighted by Gasteiger charge is 2.19. The van der Waals surface area contributed by atoms with E-state index in [0.717, 1.165) is 48.5 Å². The van der Waals surface area contributed by atoms with E-state index in [9.17, 15) is 8.42 Å². The quantitative estimate of drug-likeness (QED) is 0.758. The summed E-state index contributed by atoms with van der Waals surface area (Å²) in [5, 5.41) is 0. The van der Waals surface area contributed by atoms with Crippen molar-refractivity contribution in [2.75, 3.05) is 4.72 Å². The summed E-state index contributed by atoms with van der Waals surface area (Å²) in [4.78, 5) is 4.98. The van der Waals surface area contributed by atoms with Gasteiger partial charge in [0.2, 0.25) is 0 Å². The van der Waals surface area contributed by atoms with Gasteiger partial charge in [-0.1, -0.05) is 35.9 Å². The highest BCUT2D eigenvalue weighted by Crippen LogP contribution is 2.30. The predicted octanol–water partition coefficient (Wildman–Crippen LogP) is 4.00. The third kappa shape index (κ3) is 3.24. The number of nitrogens with zero attached hydrogens (tertiary/aromatic N) is 2. The van der Waals surface area contributed by atoms with E-state index in [2.05, 4.69) is 9.29 Å². The topological polar surface area (TPSA) is 64.0 Å². The molecule has 0 radical (unpaired) electrons. The van der Waals surface area contributed by atoms with Crippen LogP contribution in [0.1, 0.15) is 24.2 Å². The number of rotatable bonds is 4. The Balaban J connectivity index is 1.70. The third-order valence-electron chi connectivity index (χ3n) is 4.69. The fourth-order valence-electron chi connectivity index (χ4n) is 3.26. The molecule has 134 valence electrons. The number of hydrogen-bond donors (Lipinski definition) is 1. The van der Waals surface area contributed by atoms with Gasteiger partial charge >= 0.3 is 0 Å². The second kappa shape index (κ2) is 6.61. The Morgan fingerprint density at radius 1 is 1.04 bits per heavy atom. The maximum absolute atomic E-state index is 12.8. The lowest BCUT2D eigenvalue weighted by atomic mass is 10.1. The maximum atomic E-state index is 12.8. The molecular formula is C20H21N3O2S. The number of fused-ring (bicyclic) bond motifs is 1. The van der Waals surface area contributed by atoms with Gasteiger partial charge < -0.3 is 4.57 Å². The number of sulfonamides is 1. The summed E-state index contributed by atoms with van der Waals surface area (Å²) < 4.78 is 30.4. The van der Waals surface area contributed by atoms with Crippen LogP contribution in [0.25, 0.3) is 11.3 Å². The van der Waals surface area contributed by atoms with Crippen LogP contribution in [0.2, 0.25) is 0 Å². The molecule has 1 aliphatic heterocycles. The van der Waals surface area contributed by atoms with Crippen molar-refractivity contribution in [2.45, 2.75) is 37.6 Å². The molecule has 0 amide bonds. The van der Waals surface area contributed by atoms with E-state index >= 15 is 0 Å². The Labute approximate surface area is 153 Å². The fraction of sp³-hybridized carbons (Fsp3) is 0.250. The average molecular weight is 367 g/mol. The maximum Gasteiger partial charge on any atom is 0.261 e. The minimum Gasteiger partial charge on any atom is -0.334 e. The highest BCUT2D eigenvalue weighted by molar-refractivity contribution is 7.92. The first-order chi connectivity index (χ1) is 12.5. The Kier molecular flexibility index (Phi) is 4.28. The molecule has 1 aliphatic rings. The molecule has 2 aromatic carbocycles. The Hall–Kier alpha value is -2.60. The summed E-state index contributed by atoms with van der Waals surface area (Å²) in [5.74, 6) is 1.07. The molecular weight excluding hydrogens is 346 g/mol. The SMILES string of the molecule is Cc1ccc(S(=O)(=O)Nc2ccccc2-c2cn3c(n2)CCCC3)cc1. The van der Waals surface area contributed by atoms with Crippen molar-refractivity contribution < 1.29 is 8.42 Å². The molecule has 26 heavy (non-hydrogen) atoms. The molecule has 0 spiro atoms. The zero-order chi connectivity index (χ0) is 18.1. The van der Waals surface area contributed by atoms with Crippen molar-refractivity contribution in [1.29, 1.82) is 0 Å². The van der Waals surface area contributed by atoms with Crippen LogP contribution in [-0.2, 0) is 23.0 Å². The fourth-order valence-corrected chi connectivity index (χ4v) is 4.34. The van der Waals surface area contributed by atoms with Gasteiger partial charge in [-0.15, -0.1) is 0 Å². The van der Waals surface area contributed by atoms with Crippen LogP contribution in [0.3, 0.4) is 0 Å². The van der Waals surface area contributed by atoms with Crippen molar-refractivity contribution in [3.63, 3.8) is 0 Å².